The number of carbonyl (C=O) groups is 1. The second-order valence-electron chi connectivity index (χ2n) is 3.99. The lowest BCUT2D eigenvalue weighted by Gasteiger charge is -2.13. The van der Waals surface area contributed by atoms with Crippen LogP contribution in [0.25, 0.3) is 11.2 Å². The van der Waals surface area contributed by atoms with Gasteiger partial charge in [-0.1, -0.05) is 0 Å². The van der Waals surface area contributed by atoms with Gasteiger partial charge in [-0.05, 0) is 13.8 Å². The monoisotopic (exact) mass is 255 g/mol. The summed E-state index contributed by atoms with van der Waals surface area (Å²) in [6, 6.07) is -0.497. The topological polar surface area (TPSA) is 78.7 Å². The van der Waals surface area contributed by atoms with E-state index in [0.717, 1.165) is 16.9 Å². The van der Waals surface area contributed by atoms with E-state index >= 15 is 0 Å². The summed E-state index contributed by atoms with van der Waals surface area (Å²) >= 11 is 5.85. The van der Waals surface area contributed by atoms with Crippen molar-refractivity contribution >= 4 is 28.7 Å². The maximum Gasteiger partial charge on any atom is 0.240 e. The lowest BCUT2D eigenvalue weighted by molar-refractivity contribution is -0.120. The first kappa shape index (κ1) is 11.9. The molecule has 1 unspecified atom stereocenters. The second kappa shape index (κ2) is 4.03. The maximum atomic E-state index is 11.3. The van der Waals surface area contributed by atoms with Gasteiger partial charge in [-0.3, -0.25) is 14.0 Å². The summed E-state index contributed by atoms with van der Waals surface area (Å²) in [7, 11) is 1.80. The van der Waals surface area contributed by atoms with Gasteiger partial charge in [-0.2, -0.15) is 5.10 Å². The smallest absolute Gasteiger partial charge is 0.240 e. The number of primary amides is 1. The Hall–Kier alpha value is -1.56. The van der Waals surface area contributed by atoms with Crippen LogP contribution in [-0.4, -0.2) is 25.2 Å². The molecule has 0 radical (unpaired) electrons. The van der Waals surface area contributed by atoms with Crippen LogP contribution in [0, 0.1) is 6.92 Å². The maximum absolute atomic E-state index is 11.3. The standard InChI is InChI=1S/C10H14ClN5O/c1-5-8-10(15(3)14-5)16(6(2)9(12)17)7(4-11)13-8/h6H,4H2,1-3H3,(H2,12,17). The molecule has 0 fully saturated rings. The Morgan fingerprint density at radius 3 is 2.76 bits per heavy atom. The molecule has 1 atom stereocenters. The number of fused-ring (bicyclic) bond motifs is 1. The fourth-order valence-electron chi connectivity index (χ4n) is 1.97. The van der Waals surface area contributed by atoms with E-state index in [0.29, 0.717) is 5.82 Å². The summed E-state index contributed by atoms with van der Waals surface area (Å²) in [6.45, 7) is 3.59. The number of hydrogen-bond acceptors (Lipinski definition) is 3. The van der Waals surface area contributed by atoms with Crippen LogP contribution in [0.1, 0.15) is 24.5 Å². The first-order chi connectivity index (χ1) is 7.97. The van der Waals surface area contributed by atoms with E-state index in [1.807, 2.05) is 6.92 Å². The summed E-state index contributed by atoms with van der Waals surface area (Å²) in [5.41, 5.74) is 7.68. The van der Waals surface area contributed by atoms with Gasteiger partial charge in [-0.15, -0.1) is 11.6 Å². The summed E-state index contributed by atoms with van der Waals surface area (Å²) in [6.07, 6.45) is 0. The average Bonchev–Trinajstić information content (AvgIpc) is 2.77. The molecule has 1 amide bonds. The van der Waals surface area contributed by atoms with Crippen LogP contribution in [-0.2, 0) is 17.7 Å². The molecule has 0 saturated carbocycles. The Morgan fingerprint density at radius 2 is 2.24 bits per heavy atom. The van der Waals surface area contributed by atoms with Gasteiger partial charge in [0.2, 0.25) is 5.91 Å². The predicted octanol–water partition coefficient (Wildman–Crippen LogP) is 0.863. The van der Waals surface area contributed by atoms with Crippen LogP contribution < -0.4 is 5.73 Å². The van der Waals surface area contributed by atoms with Gasteiger partial charge < -0.3 is 5.73 Å². The number of hydrogen-bond donors (Lipinski definition) is 1. The zero-order valence-electron chi connectivity index (χ0n) is 9.94. The SMILES string of the molecule is Cc1nn(C)c2c1nc(CCl)n2C(C)C(N)=O. The van der Waals surface area contributed by atoms with E-state index in [1.54, 1.807) is 23.2 Å². The van der Waals surface area contributed by atoms with Gasteiger partial charge in [0.1, 0.15) is 17.4 Å². The molecular formula is C10H14ClN5O. The minimum atomic E-state index is -0.497. The van der Waals surface area contributed by atoms with E-state index in [4.69, 9.17) is 17.3 Å². The van der Waals surface area contributed by atoms with Gasteiger partial charge in [0.15, 0.2) is 5.65 Å². The number of rotatable bonds is 3. The normalized spacial score (nSPS) is 13.2. The van der Waals surface area contributed by atoms with Crippen LogP contribution in [0.2, 0.25) is 0 Å². The molecule has 0 aliphatic rings. The number of nitrogens with two attached hydrogens (primary N) is 1. The number of halogens is 1. The third-order valence-corrected chi connectivity index (χ3v) is 3.07. The zero-order chi connectivity index (χ0) is 12.7. The molecule has 2 aromatic heterocycles. The van der Waals surface area contributed by atoms with Gasteiger partial charge in [-0.25, -0.2) is 4.98 Å². The molecule has 0 aromatic carbocycles. The lowest BCUT2D eigenvalue weighted by Crippen LogP contribution is -2.25. The third kappa shape index (κ3) is 1.68. The van der Waals surface area contributed by atoms with Crippen LogP contribution in [0.5, 0.6) is 0 Å². The van der Waals surface area contributed by atoms with Crippen molar-refractivity contribution in [1.82, 2.24) is 19.3 Å². The Morgan fingerprint density at radius 1 is 1.59 bits per heavy atom. The quantitative estimate of drug-likeness (QED) is 0.827. The number of alkyl halides is 1. The van der Waals surface area contributed by atoms with Gasteiger partial charge in [0, 0.05) is 7.05 Å². The highest BCUT2D eigenvalue weighted by Gasteiger charge is 2.22. The van der Waals surface area contributed by atoms with Crippen molar-refractivity contribution in [2.75, 3.05) is 0 Å². The summed E-state index contributed by atoms with van der Waals surface area (Å²) in [4.78, 5) is 15.7. The Labute approximate surface area is 103 Å². The van der Waals surface area contributed by atoms with Gasteiger partial charge >= 0.3 is 0 Å². The van der Waals surface area contributed by atoms with Crippen molar-refractivity contribution in [2.45, 2.75) is 25.8 Å². The number of carbonyl (C=O) groups excluding carboxylic acids is 1. The van der Waals surface area contributed by atoms with Crippen LogP contribution in [0.4, 0.5) is 0 Å². The Bertz CT molecular complexity index is 585. The summed E-state index contributed by atoms with van der Waals surface area (Å²) in [5.74, 6) is 0.435. The van der Waals surface area contributed by atoms with Crippen molar-refractivity contribution in [3.63, 3.8) is 0 Å². The van der Waals surface area contributed by atoms with Crippen molar-refractivity contribution in [3.05, 3.63) is 11.5 Å². The van der Waals surface area contributed by atoms with E-state index in [2.05, 4.69) is 10.1 Å². The van der Waals surface area contributed by atoms with Crippen molar-refractivity contribution in [3.8, 4) is 0 Å². The number of amides is 1. The molecule has 2 heterocycles. The van der Waals surface area contributed by atoms with E-state index < -0.39 is 11.9 Å². The first-order valence-electron chi connectivity index (χ1n) is 5.23. The Balaban J connectivity index is 2.78. The highest BCUT2D eigenvalue weighted by molar-refractivity contribution is 6.16. The highest BCUT2D eigenvalue weighted by atomic mass is 35.5. The van der Waals surface area contributed by atoms with Crippen LogP contribution in [0.3, 0.4) is 0 Å². The second-order valence-corrected chi connectivity index (χ2v) is 4.26. The lowest BCUT2D eigenvalue weighted by atomic mass is 10.3. The van der Waals surface area contributed by atoms with Crippen molar-refractivity contribution in [2.24, 2.45) is 12.8 Å². The third-order valence-electron chi connectivity index (χ3n) is 2.83. The highest BCUT2D eigenvalue weighted by Crippen LogP contribution is 2.23. The number of imidazole rings is 1. The molecule has 7 heteroatoms. The van der Waals surface area contributed by atoms with E-state index in [9.17, 15) is 4.79 Å². The average molecular weight is 256 g/mol. The number of aryl methyl sites for hydroxylation is 2. The molecule has 92 valence electrons. The van der Waals surface area contributed by atoms with Gasteiger partial charge in [0.05, 0.1) is 11.6 Å². The molecule has 17 heavy (non-hydrogen) atoms. The molecule has 0 saturated heterocycles. The molecule has 0 aliphatic carbocycles. The summed E-state index contributed by atoms with van der Waals surface area (Å²) < 4.78 is 3.43. The van der Waals surface area contributed by atoms with E-state index in [1.165, 1.54) is 0 Å². The molecule has 0 spiro atoms. The van der Waals surface area contributed by atoms with Crippen LogP contribution in [0.15, 0.2) is 0 Å². The number of aromatic nitrogens is 4. The van der Waals surface area contributed by atoms with Gasteiger partial charge in [0.25, 0.3) is 0 Å². The molecule has 6 nitrogen and oxygen atoms in total. The van der Waals surface area contributed by atoms with Crippen LogP contribution >= 0.6 is 11.6 Å². The molecular weight excluding hydrogens is 242 g/mol. The van der Waals surface area contributed by atoms with Crippen molar-refractivity contribution < 1.29 is 4.79 Å². The molecule has 2 rings (SSSR count). The molecule has 2 aromatic rings. The van der Waals surface area contributed by atoms with Crippen molar-refractivity contribution in [1.29, 1.82) is 0 Å². The predicted molar refractivity (Wildman–Crippen MR) is 64.7 cm³/mol. The molecule has 0 bridgehead atoms. The minimum absolute atomic E-state index is 0.228. The largest absolute Gasteiger partial charge is 0.368 e. The molecule has 2 N–H and O–H groups in total. The molecule has 0 aliphatic heterocycles. The Kier molecular flexibility index (Phi) is 2.82. The number of nitrogens with zero attached hydrogens (tertiary/aromatic N) is 4. The zero-order valence-corrected chi connectivity index (χ0v) is 10.7. The van der Waals surface area contributed by atoms with E-state index in [-0.39, 0.29) is 5.88 Å². The fraction of sp³-hybridized carbons (Fsp3) is 0.500. The fourth-order valence-corrected chi connectivity index (χ4v) is 2.16. The first-order valence-corrected chi connectivity index (χ1v) is 5.76. The minimum Gasteiger partial charge on any atom is -0.368 e. The summed E-state index contributed by atoms with van der Waals surface area (Å²) in [5, 5.41) is 4.27.